The molecule has 0 spiro atoms. The van der Waals surface area contributed by atoms with Crippen molar-refractivity contribution in [1.29, 1.82) is 0 Å². The van der Waals surface area contributed by atoms with E-state index in [1.165, 1.54) is 14.0 Å². The number of fused-ring (bicyclic) bond motifs is 5. The van der Waals surface area contributed by atoms with Gasteiger partial charge >= 0.3 is 17.9 Å². The van der Waals surface area contributed by atoms with E-state index in [9.17, 15) is 19.2 Å². The zero-order valence-corrected chi connectivity index (χ0v) is 27.5. The average molecular weight is 691 g/mol. The van der Waals surface area contributed by atoms with Crippen LogP contribution in [0.3, 0.4) is 0 Å². The zero-order valence-electron chi connectivity index (χ0n) is 25.3. The number of esters is 3. The van der Waals surface area contributed by atoms with Crippen molar-refractivity contribution in [3.63, 3.8) is 0 Å². The van der Waals surface area contributed by atoms with E-state index in [-0.39, 0.29) is 70.2 Å². The topological polar surface area (TPSA) is 96.0 Å². The highest BCUT2D eigenvalue weighted by atomic mass is 127. The molecule has 0 aromatic heterocycles. The number of hydrogen-bond acceptors (Lipinski definition) is 7. The van der Waals surface area contributed by atoms with Gasteiger partial charge in [-0.2, -0.15) is 0 Å². The van der Waals surface area contributed by atoms with Crippen LogP contribution in [-0.2, 0) is 28.6 Å². The highest BCUT2D eigenvalue weighted by Crippen LogP contribution is 2.67. The van der Waals surface area contributed by atoms with E-state index >= 15 is 0 Å². The third-order valence-electron chi connectivity index (χ3n) is 11.2. The smallest absolute Gasteiger partial charge is 0.338 e. The lowest BCUT2D eigenvalue weighted by molar-refractivity contribution is -0.180. The van der Waals surface area contributed by atoms with Crippen molar-refractivity contribution in [3.05, 3.63) is 45.0 Å². The summed E-state index contributed by atoms with van der Waals surface area (Å²) in [7, 11) is 1.40. The molecule has 8 heteroatoms. The van der Waals surface area contributed by atoms with Crippen LogP contribution in [-0.4, -0.2) is 43.0 Å². The molecule has 0 saturated heterocycles. The van der Waals surface area contributed by atoms with Gasteiger partial charge in [-0.25, -0.2) is 4.79 Å². The molecule has 0 N–H and O–H groups in total. The Labute approximate surface area is 262 Å². The molecule has 228 valence electrons. The second-order valence-electron chi connectivity index (χ2n) is 13.5. The van der Waals surface area contributed by atoms with E-state index < -0.39 is 6.10 Å². The van der Waals surface area contributed by atoms with Crippen LogP contribution in [0.25, 0.3) is 0 Å². The Balaban J connectivity index is 1.47. The fourth-order valence-corrected chi connectivity index (χ4v) is 9.74. The van der Waals surface area contributed by atoms with Gasteiger partial charge in [-0.05, 0) is 120 Å². The first-order valence-corrected chi connectivity index (χ1v) is 16.4. The molecule has 3 fully saturated rings. The summed E-state index contributed by atoms with van der Waals surface area (Å²) in [5, 5.41) is 0. The number of carbonyl (C=O) groups is 4. The minimum atomic E-state index is -0.416. The van der Waals surface area contributed by atoms with Crippen LogP contribution >= 0.6 is 22.6 Å². The predicted octanol–water partition coefficient (Wildman–Crippen LogP) is 6.71. The van der Waals surface area contributed by atoms with Gasteiger partial charge in [-0.1, -0.05) is 32.4 Å². The third kappa shape index (κ3) is 5.69. The number of methoxy groups -OCH3 is 1. The molecule has 1 aromatic carbocycles. The van der Waals surface area contributed by atoms with Crippen LogP contribution in [0.2, 0.25) is 0 Å². The first kappa shape index (κ1) is 31.2. The highest BCUT2D eigenvalue weighted by molar-refractivity contribution is 14.1. The Kier molecular flexibility index (Phi) is 8.95. The van der Waals surface area contributed by atoms with Gasteiger partial charge in [0.15, 0.2) is 5.78 Å². The predicted molar refractivity (Wildman–Crippen MR) is 165 cm³/mol. The molecule has 0 radical (unpaired) electrons. The van der Waals surface area contributed by atoms with E-state index in [0.29, 0.717) is 24.8 Å². The van der Waals surface area contributed by atoms with Crippen molar-refractivity contribution in [2.45, 2.75) is 91.3 Å². The van der Waals surface area contributed by atoms with Crippen molar-refractivity contribution in [2.24, 2.45) is 40.4 Å². The molecule has 0 bridgehead atoms. The summed E-state index contributed by atoms with van der Waals surface area (Å²) in [6.45, 7) is 8.13. The Hall–Kier alpha value is -2.23. The lowest BCUT2D eigenvalue weighted by atomic mass is 9.43. The van der Waals surface area contributed by atoms with Crippen molar-refractivity contribution in [2.75, 3.05) is 7.11 Å². The van der Waals surface area contributed by atoms with Gasteiger partial charge in [0.05, 0.1) is 12.7 Å². The molecular formula is C34H43IO7. The molecule has 1 aromatic rings. The van der Waals surface area contributed by atoms with E-state index in [0.717, 1.165) is 41.2 Å². The van der Waals surface area contributed by atoms with E-state index in [4.69, 9.17) is 14.2 Å². The fourth-order valence-electron chi connectivity index (χ4n) is 9.20. The van der Waals surface area contributed by atoms with Gasteiger partial charge in [-0.3, -0.25) is 14.4 Å². The molecule has 5 rings (SSSR count). The number of hydrogen-bond donors (Lipinski definition) is 0. The largest absolute Gasteiger partial charge is 0.469 e. The SMILES string of the molecule is COC(=O)CC[C@@H](C)C1=CC(=O)[C@H]2C3C(CC[C@]12C)[C@@]1(C)CC[C@@H](OC(C)=O)C[C@H]1C[C@H]3OC(=O)c1cccc(I)c1. The summed E-state index contributed by atoms with van der Waals surface area (Å²) in [6.07, 6.45) is 7.20. The van der Waals surface area contributed by atoms with Gasteiger partial charge in [-0.15, -0.1) is 0 Å². The fraction of sp³-hybridized carbons (Fsp3) is 0.647. The monoisotopic (exact) mass is 690 g/mol. The maximum Gasteiger partial charge on any atom is 0.338 e. The number of carbonyl (C=O) groups excluding carboxylic acids is 4. The van der Waals surface area contributed by atoms with Crippen LogP contribution in [0.4, 0.5) is 0 Å². The standard InChI is InChI=1S/C34H43IO7/c1-19(9-10-29(38)40-5)26-18-27(37)31-30-25(12-14-34(26,31)4)33(3)13-11-24(41-20(2)36)16-22(33)17-28(30)42-32(39)21-7-6-8-23(35)15-21/h6-8,15,18-19,22,24-25,28,30-31H,9-14,16-17H2,1-5H3/t19-,22+,24-,25?,28-,30?,31+,33+,34-/m1/s1. The maximum atomic E-state index is 14.0. The Bertz CT molecular complexity index is 1290. The summed E-state index contributed by atoms with van der Waals surface area (Å²) in [5.41, 5.74) is 1.25. The van der Waals surface area contributed by atoms with Crippen LogP contribution in [0.15, 0.2) is 35.9 Å². The first-order valence-electron chi connectivity index (χ1n) is 15.3. The molecule has 4 aliphatic rings. The second kappa shape index (κ2) is 12.0. The Morgan fingerprint density at radius 1 is 1.10 bits per heavy atom. The first-order chi connectivity index (χ1) is 19.9. The molecule has 3 saturated carbocycles. The van der Waals surface area contributed by atoms with Gasteiger partial charge < -0.3 is 14.2 Å². The lowest BCUT2D eigenvalue weighted by Gasteiger charge is -2.62. The van der Waals surface area contributed by atoms with Crippen LogP contribution in [0.1, 0.15) is 89.4 Å². The van der Waals surface area contributed by atoms with Gasteiger partial charge in [0, 0.05) is 28.8 Å². The molecule has 7 nitrogen and oxygen atoms in total. The number of benzene rings is 1. The maximum absolute atomic E-state index is 14.0. The molecule has 4 aliphatic carbocycles. The minimum absolute atomic E-state index is 0.0345. The Morgan fingerprint density at radius 2 is 1.86 bits per heavy atom. The Morgan fingerprint density at radius 3 is 2.55 bits per heavy atom. The van der Waals surface area contributed by atoms with Crippen molar-refractivity contribution in [3.8, 4) is 0 Å². The van der Waals surface area contributed by atoms with Gasteiger partial charge in [0.1, 0.15) is 12.2 Å². The lowest BCUT2D eigenvalue weighted by Crippen LogP contribution is -2.60. The van der Waals surface area contributed by atoms with Gasteiger partial charge in [0.25, 0.3) is 0 Å². The van der Waals surface area contributed by atoms with Crippen LogP contribution < -0.4 is 0 Å². The summed E-state index contributed by atoms with van der Waals surface area (Å²) < 4.78 is 17.9. The number of allylic oxidation sites excluding steroid dienone is 2. The summed E-state index contributed by atoms with van der Waals surface area (Å²) in [4.78, 5) is 51.2. The average Bonchev–Trinajstić information content (AvgIpc) is 3.22. The molecule has 0 amide bonds. The molecule has 0 aliphatic heterocycles. The van der Waals surface area contributed by atoms with Crippen LogP contribution in [0.5, 0.6) is 0 Å². The highest BCUT2D eigenvalue weighted by Gasteiger charge is 2.64. The van der Waals surface area contributed by atoms with E-state index in [2.05, 4.69) is 43.4 Å². The molecule has 2 unspecified atom stereocenters. The van der Waals surface area contributed by atoms with Crippen molar-refractivity contribution in [1.82, 2.24) is 0 Å². The summed E-state index contributed by atoms with van der Waals surface area (Å²) in [5.74, 6) is -0.609. The number of rotatable bonds is 7. The quantitative estimate of drug-likeness (QED) is 0.179. The zero-order chi connectivity index (χ0) is 30.4. The normalized spacial score (nSPS) is 36.0. The summed E-state index contributed by atoms with van der Waals surface area (Å²) >= 11 is 2.19. The summed E-state index contributed by atoms with van der Waals surface area (Å²) in [6, 6.07) is 7.41. The minimum Gasteiger partial charge on any atom is -0.469 e. The molecular weight excluding hydrogens is 647 g/mol. The molecule has 9 atom stereocenters. The van der Waals surface area contributed by atoms with E-state index in [1.54, 1.807) is 6.07 Å². The molecule has 0 heterocycles. The van der Waals surface area contributed by atoms with Gasteiger partial charge in [0.2, 0.25) is 0 Å². The number of halogens is 1. The third-order valence-corrected chi connectivity index (χ3v) is 11.9. The van der Waals surface area contributed by atoms with Crippen molar-refractivity contribution >= 4 is 46.3 Å². The van der Waals surface area contributed by atoms with Crippen molar-refractivity contribution < 1.29 is 33.4 Å². The van der Waals surface area contributed by atoms with E-state index in [1.807, 2.05) is 24.3 Å². The number of ether oxygens (including phenoxy) is 3. The number of ketones is 1. The van der Waals surface area contributed by atoms with Crippen LogP contribution in [0, 0.1) is 44.0 Å². The molecule has 42 heavy (non-hydrogen) atoms. The second-order valence-corrected chi connectivity index (χ2v) is 14.8.